The third-order valence-corrected chi connectivity index (χ3v) is 3.58. The summed E-state index contributed by atoms with van der Waals surface area (Å²) < 4.78 is 2.60. The van der Waals surface area contributed by atoms with Gasteiger partial charge in [-0.25, -0.2) is 0 Å². The van der Waals surface area contributed by atoms with Gasteiger partial charge in [0.2, 0.25) is 0 Å². The molecule has 5 nitrogen and oxygen atoms in total. The van der Waals surface area contributed by atoms with E-state index in [1.54, 1.807) is 4.68 Å². The highest BCUT2D eigenvalue weighted by molar-refractivity contribution is 9.10. The van der Waals surface area contributed by atoms with Gasteiger partial charge in [-0.15, -0.1) is 5.10 Å². The van der Waals surface area contributed by atoms with Gasteiger partial charge in [0, 0.05) is 15.7 Å². The van der Waals surface area contributed by atoms with Crippen molar-refractivity contribution in [3.63, 3.8) is 0 Å². The van der Waals surface area contributed by atoms with E-state index in [1.807, 2.05) is 49.4 Å². The molecule has 0 aliphatic carbocycles. The van der Waals surface area contributed by atoms with E-state index in [9.17, 15) is 0 Å². The Balaban J connectivity index is 2.21. The van der Waals surface area contributed by atoms with Crippen molar-refractivity contribution < 1.29 is 0 Å². The number of halogens is 1. The van der Waals surface area contributed by atoms with E-state index in [0.717, 1.165) is 21.3 Å². The lowest BCUT2D eigenvalue weighted by atomic mass is 10.1. The van der Waals surface area contributed by atoms with Crippen LogP contribution in [0, 0.1) is 6.92 Å². The Labute approximate surface area is 124 Å². The zero-order valence-electron chi connectivity index (χ0n) is 10.8. The van der Waals surface area contributed by atoms with Crippen LogP contribution in [0.2, 0.25) is 0 Å². The van der Waals surface area contributed by atoms with E-state index in [1.165, 1.54) is 0 Å². The Morgan fingerprint density at radius 1 is 1.15 bits per heavy atom. The molecule has 6 heteroatoms. The fourth-order valence-corrected chi connectivity index (χ4v) is 2.51. The van der Waals surface area contributed by atoms with E-state index >= 15 is 0 Å². The SMILES string of the molecule is Cc1c(N)cc(Br)cc1-c1nnnn1-c1ccccc1. The molecule has 0 saturated carbocycles. The smallest absolute Gasteiger partial charge is 0.187 e. The highest BCUT2D eigenvalue weighted by atomic mass is 79.9. The average molecular weight is 330 g/mol. The van der Waals surface area contributed by atoms with Crippen LogP contribution in [-0.4, -0.2) is 20.2 Å². The molecule has 0 amide bonds. The lowest BCUT2D eigenvalue weighted by Crippen LogP contribution is -2.02. The number of aromatic nitrogens is 4. The van der Waals surface area contributed by atoms with E-state index in [0.29, 0.717) is 11.5 Å². The van der Waals surface area contributed by atoms with Crippen LogP contribution in [0.1, 0.15) is 5.56 Å². The van der Waals surface area contributed by atoms with Crippen molar-refractivity contribution in [2.45, 2.75) is 6.92 Å². The summed E-state index contributed by atoms with van der Waals surface area (Å²) in [5.74, 6) is 0.668. The van der Waals surface area contributed by atoms with Gasteiger partial charge in [0.1, 0.15) is 0 Å². The first-order chi connectivity index (χ1) is 9.66. The minimum atomic E-state index is 0.668. The molecule has 1 aromatic heterocycles. The topological polar surface area (TPSA) is 69.6 Å². The maximum Gasteiger partial charge on any atom is 0.187 e. The van der Waals surface area contributed by atoms with Crippen LogP contribution < -0.4 is 5.73 Å². The van der Waals surface area contributed by atoms with Gasteiger partial charge in [0.15, 0.2) is 5.82 Å². The van der Waals surface area contributed by atoms with Crippen LogP contribution in [0.5, 0.6) is 0 Å². The second-order valence-electron chi connectivity index (χ2n) is 4.42. The monoisotopic (exact) mass is 329 g/mol. The molecule has 2 N–H and O–H groups in total. The minimum absolute atomic E-state index is 0.668. The molecule has 100 valence electrons. The molecular formula is C14H12BrN5. The van der Waals surface area contributed by atoms with E-state index in [2.05, 4.69) is 31.5 Å². The fourth-order valence-electron chi connectivity index (χ4n) is 2.03. The second-order valence-corrected chi connectivity index (χ2v) is 5.33. The van der Waals surface area contributed by atoms with Crippen molar-refractivity contribution >= 4 is 21.6 Å². The number of nitrogens with two attached hydrogens (primary N) is 1. The number of rotatable bonds is 2. The molecule has 0 spiro atoms. The second kappa shape index (κ2) is 5.05. The highest BCUT2D eigenvalue weighted by Gasteiger charge is 2.15. The summed E-state index contributed by atoms with van der Waals surface area (Å²) in [6.07, 6.45) is 0. The molecular weight excluding hydrogens is 318 g/mol. The standard InChI is InChI=1S/C14H12BrN5/c1-9-12(7-10(15)8-13(9)16)14-17-18-19-20(14)11-5-3-2-4-6-11/h2-8H,16H2,1H3. The number of hydrogen-bond donors (Lipinski definition) is 1. The number of nitrogens with zero attached hydrogens (tertiary/aromatic N) is 4. The molecule has 0 bridgehead atoms. The molecule has 1 heterocycles. The summed E-state index contributed by atoms with van der Waals surface area (Å²) in [5, 5.41) is 12.0. The molecule has 0 fully saturated rings. The predicted molar refractivity (Wildman–Crippen MR) is 81.4 cm³/mol. The zero-order chi connectivity index (χ0) is 14.1. The molecule has 0 aliphatic heterocycles. The van der Waals surface area contributed by atoms with Crippen molar-refractivity contribution in [2.24, 2.45) is 0 Å². The summed E-state index contributed by atoms with van der Waals surface area (Å²) in [6, 6.07) is 13.6. The quantitative estimate of drug-likeness (QED) is 0.734. The third-order valence-electron chi connectivity index (χ3n) is 3.12. The molecule has 3 rings (SSSR count). The maximum atomic E-state index is 6.01. The van der Waals surface area contributed by atoms with Crippen LogP contribution in [0.25, 0.3) is 17.1 Å². The molecule has 0 aliphatic rings. The number of tetrazole rings is 1. The molecule has 0 unspecified atom stereocenters. The van der Waals surface area contributed by atoms with Crippen LogP contribution in [0.4, 0.5) is 5.69 Å². The largest absolute Gasteiger partial charge is 0.398 e. The van der Waals surface area contributed by atoms with Crippen LogP contribution >= 0.6 is 15.9 Å². The average Bonchev–Trinajstić information content (AvgIpc) is 2.93. The van der Waals surface area contributed by atoms with Crippen molar-refractivity contribution in [1.82, 2.24) is 20.2 Å². The lowest BCUT2D eigenvalue weighted by Gasteiger charge is -2.09. The Morgan fingerprint density at radius 2 is 1.90 bits per heavy atom. The van der Waals surface area contributed by atoms with E-state index in [4.69, 9.17) is 5.73 Å². The maximum absolute atomic E-state index is 6.01. The van der Waals surface area contributed by atoms with Gasteiger partial charge < -0.3 is 5.73 Å². The van der Waals surface area contributed by atoms with E-state index < -0.39 is 0 Å². The normalized spacial score (nSPS) is 10.7. The first kappa shape index (κ1) is 12.8. The predicted octanol–water partition coefficient (Wildman–Crippen LogP) is 2.98. The molecule has 0 saturated heterocycles. The van der Waals surface area contributed by atoms with Crippen molar-refractivity contribution in [3.05, 3.63) is 52.5 Å². The number of anilines is 1. The van der Waals surface area contributed by atoms with Gasteiger partial charge in [-0.1, -0.05) is 34.1 Å². The molecule has 3 aromatic rings. The minimum Gasteiger partial charge on any atom is -0.398 e. The number of hydrogen-bond acceptors (Lipinski definition) is 4. The summed E-state index contributed by atoms with van der Waals surface area (Å²) in [7, 11) is 0. The van der Waals surface area contributed by atoms with Crippen LogP contribution in [-0.2, 0) is 0 Å². The first-order valence-corrected chi connectivity index (χ1v) is 6.86. The Hall–Kier alpha value is -2.21. The Morgan fingerprint density at radius 3 is 2.65 bits per heavy atom. The number of para-hydroxylation sites is 1. The van der Waals surface area contributed by atoms with Gasteiger partial charge in [-0.2, -0.15) is 4.68 Å². The third kappa shape index (κ3) is 2.18. The zero-order valence-corrected chi connectivity index (χ0v) is 12.4. The van der Waals surface area contributed by atoms with Gasteiger partial charge in [0.05, 0.1) is 5.69 Å². The number of nitrogen functional groups attached to an aromatic ring is 1. The van der Waals surface area contributed by atoms with Gasteiger partial charge >= 0.3 is 0 Å². The van der Waals surface area contributed by atoms with Crippen LogP contribution in [0.3, 0.4) is 0 Å². The van der Waals surface area contributed by atoms with Crippen molar-refractivity contribution in [2.75, 3.05) is 5.73 Å². The van der Waals surface area contributed by atoms with Gasteiger partial charge in [0.25, 0.3) is 0 Å². The van der Waals surface area contributed by atoms with Crippen LogP contribution in [0.15, 0.2) is 46.9 Å². The van der Waals surface area contributed by atoms with Gasteiger partial charge in [-0.3, -0.25) is 0 Å². The lowest BCUT2D eigenvalue weighted by molar-refractivity contribution is 0.791. The van der Waals surface area contributed by atoms with Gasteiger partial charge in [-0.05, 0) is 47.2 Å². The molecule has 0 radical (unpaired) electrons. The highest BCUT2D eigenvalue weighted by Crippen LogP contribution is 2.30. The van der Waals surface area contributed by atoms with E-state index in [-0.39, 0.29) is 0 Å². The summed E-state index contributed by atoms with van der Waals surface area (Å²) in [4.78, 5) is 0. The Bertz CT molecular complexity index is 752. The molecule has 0 atom stereocenters. The van der Waals surface area contributed by atoms with Crippen molar-refractivity contribution in [1.29, 1.82) is 0 Å². The first-order valence-electron chi connectivity index (χ1n) is 6.06. The summed E-state index contributed by atoms with van der Waals surface area (Å²) in [6.45, 7) is 1.96. The summed E-state index contributed by atoms with van der Waals surface area (Å²) in [5.41, 5.74) is 9.49. The molecule has 2 aromatic carbocycles. The number of benzene rings is 2. The fraction of sp³-hybridized carbons (Fsp3) is 0.0714. The van der Waals surface area contributed by atoms with Crippen molar-refractivity contribution in [3.8, 4) is 17.1 Å². The summed E-state index contributed by atoms with van der Waals surface area (Å²) >= 11 is 3.46. The molecule has 20 heavy (non-hydrogen) atoms. The Kier molecular flexibility index (Phi) is 3.23.